The van der Waals surface area contributed by atoms with Gasteiger partial charge < -0.3 is 24.9 Å². The molecule has 3 aromatic rings. The highest BCUT2D eigenvalue weighted by Gasteiger charge is 2.44. The number of benzene rings is 3. The Balaban J connectivity index is 0.754. The van der Waals surface area contributed by atoms with Crippen molar-refractivity contribution in [2.24, 2.45) is 11.3 Å². The molecule has 8 rings (SSSR count). The zero-order valence-electron chi connectivity index (χ0n) is 32.2. The summed E-state index contributed by atoms with van der Waals surface area (Å²) in [6.07, 6.45) is 8.72. The van der Waals surface area contributed by atoms with Crippen molar-refractivity contribution in [1.29, 1.82) is 5.26 Å². The Kier molecular flexibility index (Phi) is 10.8. The molecule has 0 saturated carbocycles. The van der Waals surface area contributed by atoms with E-state index in [9.17, 15) is 19.6 Å². The second-order valence-corrected chi connectivity index (χ2v) is 16.9. The van der Waals surface area contributed by atoms with Crippen LogP contribution >= 0.6 is 0 Å². The molecule has 288 valence electrons. The molecule has 55 heavy (non-hydrogen) atoms. The van der Waals surface area contributed by atoms with Crippen LogP contribution in [0, 0.1) is 22.7 Å². The van der Waals surface area contributed by atoms with Gasteiger partial charge in [0.25, 0.3) is 5.91 Å². The van der Waals surface area contributed by atoms with Gasteiger partial charge in [-0.15, -0.1) is 0 Å². The highest BCUT2D eigenvalue weighted by molar-refractivity contribution is 6.01. The van der Waals surface area contributed by atoms with Crippen molar-refractivity contribution in [3.8, 4) is 6.07 Å². The van der Waals surface area contributed by atoms with Crippen molar-refractivity contribution in [3.05, 3.63) is 89.5 Å². The Hall–Kier alpha value is -4.88. The Bertz CT molecular complexity index is 1880. The van der Waals surface area contributed by atoms with Crippen LogP contribution < -0.4 is 20.4 Å². The van der Waals surface area contributed by atoms with Crippen molar-refractivity contribution in [2.45, 2.75) is 82.7 Å². The molecular formula is C45H55N7O3. The molecule has 10 heteroatoms. The fraction of sp³-hybridized carbons (Fsp3) is 0.511. The van der Waals surface area contributed by atoms with Crippen LogP contribution in [0.15, 0.2) is 72.8 Å². The number of nitrogens with one attached hydrogen (secondary N) is 2. The van der Waals surface area contributed by atoms with E-state index in [-0.39, 0.29) is 29.2 Å². The van der Waals surface area contributed by atoms with Gasteiger partial charge >= 0.3 is 0 Å². The van der Waals surface area contributed by atoms with E-state index in [1.807, 2.05) is 30.3 Å². The van der Waals surface area contributed by atoms with Crippen molar-refractivity contribution < 1.29 is 14.4 Å². The normalized spacial score (nSPS) is 23.8. The fourth-order valence-corrected chi connectivity index (χ4v) is 10.1. The summed E-state index contributed by atoms with van der Waals surface area (Å²) < 4.78 is 0. The monoisotopic (exact) mass is 741 g/mol. The van der Waals surface area contributed by atoms with Crippen LogP contribution in [-0.4, -0.2) is 92.0 Å². The first-order chi connectivity index (χ1) is 26.8. The van der Waals surface area contributed by atoms with E-state index in [0.717, 1.165) is 120 Å². The van der Waals surface area contributed by atoms with E-state index < -0.39 is 0 Å². The Morgan fingerprint density at radius 1 is 0.873 bits per heavy atom. The Labute approximate surface area is 325 Å². The highest BCUT2D eigenvalue weighted by Crippen LogP contribution is 2.46. The van der Waals surface area contributed by atoms with E-state index in [0.29, 0.717) is 30.7 Å². The minimum absolute atomic E-state index is 0.152. The standard InChI is InChI=1S/C45H55N7O3/c1-32-28-45(31-52(32)41-5-3-2-4-37(41)29-46)20-26-50(27-21-45)39-12-8-36(9-13-39)44(55)51-24-16-33(17-25-51)30-49-22-18-35(19-23-49)34-6-10-38(11-7-34)47-40-14-15-42(53)48-43(40)54/h2-13,32-33,35,40,47H,14-28,30-31H2,1H3,(H,48,53,54)/t32-,40?/m0/s1. The van der Waals surface area contributed by atoms with E-state index in [4.69, 9.17) is 0 Å². The summed E-state index contributed by atoms with van der Waals surface area (Å²) in [5, 5.41) is 15.4. The molecule has 0 radical (unpaired) electrons. The number of likely N-dealkylation sites (tertiary alicyclic amines) is 2. The van der Waals surface area contributed by atoms with Crippen LogP contribution in [-0.2, 0) is 9.59 Å². The molecule has 3 amide bonds. The zero-order valence-corrected chi connectivity index (χ0v) is 32.2. The lowest BCUT2D eigenvalue weighted by molar-refractivity contribution is -0.133. The third-order valence-corrected chi connectivity index (χ3v) is 13.4. The first kappa shape index (κ1) is 37.1. The molecule has 5 fully saturated rings. The molecule has 5 heterocycles. The molecule has 3 aromatic carbocycles. The van der Waals surface area contributed by atoms with Gasteiger partial charge in [-0.25, -0.2) is 0 Å². The maximum absolute atomic E-state index is 13.5. The highest BCUT2D eigenvalue weighted by atomic mass is 16.2. The van der Waals surface area contributed by atoms with Crippen molar-refractivity contribution in [1.82, 2.24) is 15.1 Å². The zero-order chi connectivity index (χ0) is 37.9. The Morgan fingerprint density at radius 2 is 1.58 bits per heavy atom. The number of hydrogen-bond donors (Lipinski definition) is 2. The van der Waals surface area contributed by atoms with Crippen molar-refractivity contribution >= 4 is 34.8 Å². The van der Waals surface area contributed by atoms with Gasteiger partial charge in [-0.2, -0.15) is 5.26 Å². The van der Waals surface area contributed by atoms with Crippen LogP contribution in [0.25, 0.3) is 0 Å². The summed E-state index contributed by atoms with van der Waals surface area (Å²) in [6, 6.07) is 27.3. The molecule has 5 saturated heterocycles. The van der Waals surface area contributed by atoms with Gasteiger partial charge in [0, 0.05) is 68.7 Å². The molecular weight excluding hydrogens is 687 g/mol. The minimum Gasteiger partial charge on any atom is -0.374 e. The number of nitrogens with zero attached hydrogens (tertiary/aromatic N) is 5. The second-order valence-electron chi connectivity index (χ2n) is 16.9. The van der Waals surface area contributed by atoms with Gasteiger partial charge in [-0.1, -0.05) is 24.3 Å². The Morgan fingerprint density at radius 3 is 2.27 bits per heavy atom. The number of imide groups is 1. The van der Waals surface area contributed by atoms with E-state index in [1.54, 1.807) is 0 Å². The van der Waals surface area contributed by atoms with Crippen LogP contribution in [0.3, 0.4) is 0 Å². The van der Waals surface area contributed by atoms with E-state index >= 15 is 0 Å². The lowest BCUT2D eigenvalue weighted by Gasteiger charge is -2.40. The number of amides is 3. The fourth-order valence-electron chi connectivity index (χ4n) is 10.1. The number of carbonyl (C=O) groups is 3. The lowest BCUT2D eigenvalue weighted by atomic mass is 9.76. The van der Waals surface area contributed by atoms with Gasteiger partial charge in [0.15, 0.2) is 0 Å². The van der Waals surface area contributed by atoms with Crippen LogP contribution in [0.4, 0.5) is 17.1 Å². The summed E-state index contributed by atoms with van der Waals surface area (Å²) in [5.41, 5.74) is 6.37. The van der Waals surface area contributed by atoms with Gasteiger partial charge in [0.2, 0.25) is 11.8 Å². The topological polar surface area (TPSA) is 112 Å². The molecule has 1 unspecified atom stereocenters. The molecule has 10 nitrogen and oxygen atoms in total. The van der Waals surface area contributed by atoms with Crippen molar-refractivity contribution in [2.75, 3.05) is 67.5 Å². The molecule has 0 aromatic heterocycles. The first-order valence-corrected chi connectivity index (χ1v) is 20.6. The summed E-state index contributed by atoms with van der Waals surface area (Å²) in [7, 11) is 0. The third-order valence-electron chi connectivity index (χ3n) is 13.4. The number of para-hydroxylation sites is 1. The number of piperidine rings is 4. The van der Waals surface area contributed by atoms with Crippen LogP contribution in [0.2, 0.25) is 0 Å². The average molecular weight is 742 g/mol. The minimum atomic E-state index is -0.362. The molecule has 1 spiro atoms. The maximum atomic E-state index is 13.5. The molecule has 5 aliphatic heterocycles. The molecule has 5 aliphatic rings. The summed E-state index contributed by atoms with van der Waals surface area (Å²) in [6.45, 7) is 10.3. The SMILES string of the molecule is C[C@H]1CC2(CCN(c3ccc(C(=O)N4CCC(CN5CCC(c6ccc(NC7CCC(=O)NC7=O)cc6)CC5)CC4)cc3)CC2)CN1c1ccccc1C#N. The number of rotatable bonds is 8. The predicted molar refractivity (Wildman–Crippen MR) is 216 cm³/mol. The lowest BCUT2D eigenvalue weighted by Crippen LogP contribution is -2.47. The third kappa shape index (κ3) is 8.23. The molecule has 0 bridgehead atoms. The number of hydrogen-bond acceptors (Lipinski definition) is 8. The number of carbonyl (C=O) groups excluding carboxylic acids is 3. The second kappa shape index (κ2) is 16.1. The van der Waals surface area contributed by atoms with E-state index in [1.165, 1.54) is 11.3 Å². The largest absolute Gasteiger partial charge is 0.374 e. The predicted octanol–water partition coefficient (Wildman–Crippen LogP) is 6.39. The van der Waals surface area contributed by atoms with Gasteiger partial charge in [0.05, 0.1) is 11.3 Å². The first-order valence-electron chi connectivity index (χ1n) is 20.6. The van der Waals surface area contributed by atoms with Crippen LogP contribution in [0.5, 0.6) is 0 Å². The van der Waals surface area contributed by atoms with Crippen molar-refractivity contribution in [3.63, 3.8) is 0 Å². The quantitative estimate of drug-likeness (QED) is 0.256. The summed E-state index contributed by atoms with van der Waals surface area (Å²) in [5.74, 6) is 0.878. The van der Waals surface area contributed by atoms with Crippen LogP contribution in [0.1, 0.15) is 92.1 Å². The average Bonchev–Trinajstić information content (AvgIpc) is 3.54. The maximum Gasteiger partial charge on any atom is 0.253 e. The van der Waals surface area contributed by atoms with Gasteiger partial charge in [-0.3, -0.25) is 19.7 Å². The summed E-state index contributed by atoms with van der Waals surface area (Å²) in [4.78, 5) is 46.7. The van der Waals surface area contributed by atoms with E-state index in [2.05, 4.69) is 85.7 Å². The van der Waals surface area contributed by atoms with Gasteiger partial charge in [0.1, 0.15) is 12.1 Å². The number of nitriles is 1. The number of anilines is 3. The summed E-state index contributed by atoms with van der Waals surface area (Å²) >= 11 is 0. The molecule has 2 N–H and O–H groups in total. The van der Waals surface area contributed by atoms with Gasteiger partial charge in [-0.05, 0) is 143 Å². The smallest absolute Gasteiger partial charge is 0.253 e. The molecule has 0 aliphatic carbocycles. The molecule has 2 atom stereocenters.